The predicted octanol–water partition coefficient (Wildman–Crippen LogP) is 1.46. The number of aliphatic hydroxyl groups is 1. The number of nitrogens with zero attached hydrogens (tertiary/aromatic N) is 1. The fourth-order valence-electron chi connectivity index (χ4n) is 3.38. The first-order valence-electron chi connectivity index (χ1n) is 5.93. The van der Waals surface area contributed by atoms with Crippen molar-refractivity contribution in [3.63, 3.8) is 0 Å². The number of hydrogen-bond acceptors (Lipinski definition) is 3. The first kappa shape index (κ1) is 9.13. The van der Waals surface area contributed by atoms with Crippen LogP contribution in [-0.4, -0.2) is 34.5 Å². The van der Waals surface area contributed by atoms with Crippen LogP contribution in [-0.2, 0) is 4.84 Å². The monoisotopic (exact) mass is 197 g/mol. The van der Waals surface area contributed by atoms with Crippen LogP contribution in [0.2, 0.25) is 0 Å². The summed E-state index contributed by atoms with van der Waals surface area (Å²) in [6.45, 7) is 0.928. The minimum Gasteiger partial charge on any atom is -0.390 e. The summed E-state index contributed by atoms with van der Waals surface area (Å²) in [5.41, 5.74) is 0.306. The van der Waals surface area contributed by atoms with Gasteiger partial charge in [-0.1, -0.05) is 19.3 Å². The van der Waals surface area contributed by atoms with Crippen LogP contribution >= 0.6 is 0 Å². The first-order valence-corrected chi connectivity index (χ1v) is 5.93. The van der Waals surface area contributed by atoms with E-state index in [2.05, 4.69) is 5.06 Å². The molecule has 3 atom stereocenters. The van der Waals surface area contributed by atoms with E-state index in [1.807, 2.05) is 0 Å². The Balaban J connectivity index is 1.81. The third-order valence-electron chi connectivity index (χ3n) is 4.21. The summed E-state index contributed by atoms with van der Waals surface area (Å²) < 4.78 is 0. The Morgan fingerprint density at radius 2 is 2.00 bits per heavy atom. The third kappa shape index (κ3) is 1.23. The molecule has 1 saturated carbocycles. The molecule has 1 spiro atoms. The maximum absolute atomic E-state index is 9.76. The lowest BCUT2D eigenvalue weighted by molar-refractivity contribution is -0.237. The number of rotatable bonds is 0. The topological polar surface area (TPSA) is 32.7 Å². The van der Waals surface area contributed by atoms with Crippen LogP contribution in [0.3, 0.4) is 0 Å². The van der Waals surface area contributed by atoms with Crippen molar-refractivity contribution in [1.82, 2.24) is 5.06 Å². The van der Waals surface area contributed by atoms with Gasteiger partial charge in [0, 0.05) is 12.1 Å². The van der Waals surface area contributed by atoms with Crippen LogP contribution < -0.4 is 0 Å². The van der Waals surface area contributed by atoms with Gasteiger partial charge in [-0.05, 0) is 25.7 Å². The van der Waals surface area contributed by atoms with Crippen molar-refractivity contribution < 1.29 is 9.94 Å². The van der Waals surface area contributed by atoms with Gasteiger partial charge in [0.1, 0.15) is 6.10 Å². The zero-order chi connectivity index (χ0) is 9.60. The molecular weight excluding hydrogens is 178 g/mol. The van der Waals surface area contributed by atoms with E-state index in [-0.39, 0.29) is 12.2 Å². The Labute approximate surface area is 85.0 Å². The highest BCUT2D eigenvalue weighted by molar-refractivity contribution is 5.00. The van der Waals surface area contributed by atoms with Crippen molar-refractivity contribution in [2.24, 2.45) is 0 Å². The van der Waals surface area contributed by atoms with E-state index >= 15 is 0 Å². The minimum absolute atomic E-state index is 0.0989. The van der Waals surface area contributed by atoms with Crippen molar-refractivity contribution >= 4 is 0 Å². The summed E-state index contributed by atoms with van der Waals surface area (Å²) >= 11 is 0. The molecule has 2 heterocycles. The van der Waals surface area contributed by atoms with E-state index in [9.17, 15) is 5.11 Å². The number of aliphatic hydroxyl groups excluding tert-OH is 1. The van der Waals surface area contributed by atoms with Gasteiger partial charge in [0.2, 0.25) is 0 Å². The van der Waals surface area contributed by atoms with E-state index in [1.165, 1.54) is 32.1 Å². The standard InChI is InChI=1S/C11H19NO2/c13-9-4-7-12-11(8-10(9)14-12)5-2-1-3-6-11/h9-10,13H,1-8H2/t9-,10-/m1/s1. The molecule has 0 aromatic heterocycles. The van der Waals surface area contributed by atoms with Gasteiger partial charge < -0.3 is 5.11 Å². The highest BCUT2D eigenvalue weighted by Crippen LogP contribution is 2.46. The normalized spacial score (nSPS) is 45.6. The zero-order valence-corrected chi connectivity index (χ0v) is 8.61. The lowest BCUT2D eigenvalue weighted by Crippen LogP contribution is -2.46. The second-order valence-electron chi connectivity index (χ2n) is 5.09. The molecule has 0 amide bonds. The Morgan fingerprint density at radius 3 is 2.71 bits per heavy atom. The van der Waals surface area contributed by atoms with Crippen LogP contribution in [0, 0.1) is 0 Å². The average Bonchev–Trinajstić information content (AvgIpc) is 2.49. The largest absolute Gasteiger partial charge is 0.390 e. The lowest BCUT2D eigenvalue weighted by Gasteiger charge is -2.39. The van der Waals surface area contributed by atoms with E-state index in [4.69, 9.17) is 4.84 Å². The Morgan fingerprint density at radius 1 is 1.21 bits per heavy atom. The van der Waals surface area contributed by atoms with Gasteiger partial charge in [0.05, 0.1) is 6.10 Å². The van der Waals surface area contributed by atoms with Crippen LogP contribution in [0.5, 0.6) is 0 Å². The zero-order valence-electron chi connectivity index (χ0n) is 8.61. The van der Waals surface area contributed by atoms with Crippen LogP contribution in [0.25, 0.3) is 0 Å². The maximum Gasteiger partial charge on any atom is 0.107 e. The molecule has 0 aromatic carbocycles. The Hall–Kier alpha value is -0.120. The molecule has 14 heavy (non-hydrogen) atoms. The smallest absolute Gasteiger partial charge is 0.107 e. The predicted molar refractivity (Wildman–Crippen MR) is 52.6 cm³/mol. The Kier molecular flexibility index (Phi) is 2.08. The molecule has 1 N–H and O–H groups in total. The molecule has 1 aliphatic carbocycles. The van der Waals surface area contributed by atoms with Crippen LogP contribution in [0.1, 0.15) is 44.9 Å². The molecular formula is C11H19NO2. The van der Waals surface area contributed by atoms with E-state index in [1.54, 1.807) is 0 Å². The summed E-state index contributed by atoms with van der Waals surface area (Å²) in [7, 11) is 0. The quantitative estimate of drug-likeness (QED) is 0.638. The molecule has 3 nitrogen and oxygen atoms in total. The van der Waals surface area contributed by atoms with Gasteiger partial charge in [-0.3, -0.25) is 4.84 Å². The molecule has 3 aliphatic rings. The molecule has 0 radical (unpaired) electrons. The summed E-state index contributed by atoms with van der Waals surface area (Å²) in [6.07, 6.45) is 8.44. The fraction of sp³-hybridized carbons (Fsp3) is 1.00. The molecule has 2 saturated heterocycles. The summed E-state index contributed by atoms with van der Waals surface area (Å²) in [4.78, 5) is 5.79. The molecule has 3 rings (SSSR count). The van der Waals surface area contributed by atoms with Gasteiger partial charge in [-0.15, -0.1) is 0 Å². The molecule has 3 fully saturated rings. The molecule has 2 aliphatic heterocycles. The summed E-state index contributed by atoms with van der Waals surface area (Å²) in [6, 6.07) is 0. The van der Waals surface area contributed by atoms with Crippen molar-refractivity contribution in [3.05, 3.63) is 0 Å². The highest BCUT2D eigenvalue weighted by atomic mass is 16.7. The molecule has 80 valence electrons. The minimum atomic E-state index is -0.215. The first-order chi connectivity index (χ1) is 6.80. The van der Waals surface area contributed by atoms with E-state index in [0.717, 1.165) is 19.4 Å². The van der Waals surface area contributed by atoms with Gasteiger partial charge in [0.15, 0.2) is 0 Å². The SMILES string of the molecule is O[C@@H]1CCN2O[C@@H]1CC21CCCCC1. The van der Waals surface area contributed by atoms with Gasteiger partial charge in [-0.2, -0.15) is 5.06 Å². The number of hydrogen-bond donors (Lipinski definition) is 1. The Bertz CT molecular complexity index is 225. The van der Waals surface area contributed by atoms with Gasteiger partial charge in [-0.25, -0.2) is 0 Å². The molecule has 3 heteroatoms. The lowest BCUT2D eigenvalue weighted by atomic mass is 9.78. The van der Waals surface area contributed by atoms with E-state index < -0.39 is 0 Å². The molecule has 0 aromatic rings. The number of fused-ring (bicyclic) bond motifs is 3. The van der Waals surface area contributed by atoms with Crippen molar-refractivity contribution in [2.45, 2.75) is 62.7 Å². The summed E-state index contributed by atoms with van der Waals surface area (Å²) in [5, 5.41) is 12.0. The van der Waals surface area contributed by atoms with Crippen molar-refractivity contribution in [1.29, 1.82) is 0 Å². The summed E-state index contributed by atoms with van der Waals surface area (Å²) in [5.74, 6) is 0. The van der Waals surface area contributed by atoms with Gasteiger partial charge >= 0.3 is 0 Å². The van der Waals surface area contributed by atoms with Crippen LogP contribution in [0.15, 0.2) is 0 Å². The highest BCUT2D eigenvalue weighted by Gasteiger charge is 2.51. The molecule has 2 bridgehead atoms. The fourth-order valence-corrected chi connectivity index (χ4v) is 3.38. The van der Waals surface area contributed by atoms with Crippen molar-refractivity contribution in [3.8, 4) is 0 Å². The second kappa shape index (κ2) is 3.19. The maximum atomic E-state index is 9.76. The van der Waals surface area contributed by atoms with Crippen LogP contribution in [0.4, 0.5) is 0 Å². The average molecular weight is 197 g/mol. The van der Waals surface area contributed by atoms with Gasteiger partial charge in [0.25, 0.3) is 0 Å². The second-order valence-corrected chi connectivity index (χ2v) is 5.09. The van der Waals surface area contributed by atoms with Crippen molar-refractivity contribution in [2.75, 3.05) is 6.54 Å². The molecule has 1 unspecified atom stereocenters. The van der Waals surface area contributed by atoms with E-state index in [0.29, 0.717) is 5.54 Å². The number of hydroxylamine groups is 2. The third-order valence-corrected chi connectivity index (χ3v) is 4.21.